The van der Waals surface area contributed by atoms with Crippen molar-refractivity contribution in [2.45, 2.75) is 25.7 Å². The predicted molar refractivity (Wildman–Crippen MR) is 68.9 cm³/mol. The molecule has 2 rings (SSSR count). The van der Waals surface area contributed by atoms with E-state index < -0.39 is 5.91 Å². The molecule has 1 aromatic rings. The molecule has 0 aromatic carbocycles. The van der Waals surface area contributed by atoms with E-state index in [4.69, 9.17) is 10.8 Å². The minimum Gasteiger partial charge on any atom is -0.395 e. The molecular formula is C12H16N2O3S. The fourth-order valence-electron chi connectivity index (χ4n) is 2.24. The van der Waals surface area contributed by atoms with E-state index in [0.29, 0.717) is 10.4 Å². The Bertz CT molecular complexity index is 482. The number of carbonyl (C=O) groups excluding carboxylic acids is 2. The molecule has 1 heterocycles. The minimum atomic E-state index is -0.552. The zero-order chi connectivity index (χ0) is 13.1. The number of nitrogens with one attached hydrogen (secondary N) is 1. The number of hydrogen-bond donors (Lipinski definition) is 3. The Balaban J connectivity index is 2.39. The molecule has 0 fully saturated rings. The molecule has 1 aliphatic carbocycles. The molecule has 0 atom stereocenters. The first kappa shape index (κ1) is 13.0. The van der Waals surface area contributed by atoms with Gasteiger partial charge in [0.1, 0.15) is 4.88 Å². The van der Waals surface area contributed by atoms with Gasteiger partial charge in [0.05, 0.1) is 12.2 Å². The van der Waals surface area contributed by atoms with Crippen molar-refractivity contribution in [1.29, 1.82) is 0 Å². The number of rotatable bonds is 4. The number of nitrogens with two attached hydrogens (primary N) is 1. The number of primary amides is 1. The molecular weight excluding hydrogens is 252 g/mol. The van der Waals surface area contributed by atoms with E-state index in [0.717, 1.165) is 36.1 Å². The van der Waals surface area contributed by atoms with Gasteiger partial charge in [0.2, 0.25) is 0 Å². The molecule has 18 heavy (non-hydrogen) atoms. The van der Waals surface area contributed by atoms with E-state index in [9.17, 15) is 9.59 Å². The van der Waals surface area contributed by atoms with Gasteiger partial charge in [0.25, 0.3) is 11.8 Å². The molecule has 0 saturated heterocycles. The van der Waals surface area contributed by atoms with Crippen molar-refractivity contribution in [3.05, 3.63) is 20.9 Å². The summed E-state index contributed by atoms with van der Waals surface area (Å²) in [5.41, 5.74) is 6.73. The van der Waals surface area contributed by atoms with Gasteiger partial charge < -0.3 is 16.2 Å². The van der Waals surface area contributed by atoms with Crippen LogP contribution in [0.1, 0.15) is 43.3 Å². The molecule has 0 aliphatic heterocycles. The van der Waals surface area contributed by atoms with Crippen molar-refractivity contribution < 1.29 is 14.7 Å². The molecule has 2 amide bonds. The zero-order valence-corrected chi connectivity index (χ0v) is 10.8. The maximum atomic E-state index is 12.0. The van der Waals surface area contributed by atoms with Crippen LogP contribution in [0.5, 0.6) is 0 Å². The third kappa shape index (κ3) is 2.39. The molecule has 4 N–H and O–H groups in total. The van der Waals surface area contributed by atoms with Crippen LogP contribution in [0.15, 0.2) is 0 Å². The highest BCUT2D eigenvalue weighted by molar-refractivity contribution is 7.14. The second-order valence-corrected chi connectivity index (χ2v) is 5.36. The lowest BCUT2D eigenvalue weighted by Gasteiger charge is -2.12. The number of aliphatic hydroxyl groups is 1. The number of amides is 2. The van der Waals surface area contributed by atoms with Gasteiger partial charge in [0.15, 0.2) is 0 Å². The van der Waals surface area contributed by atoms with Gasteiger partial charge in [-0.15, -0.1) is 11.3 Å². The Kier molecular flexibility index (Phi) is 3.98. The molecule has 0 unspecified atom stereocenters. The summed E-state index contributed by atoms with van der Waals surface area (Å²) >= 11 is 1.33. The zero-order valence-electron chi connectivity index (χ0n) is 9.99. The standard InChI is InChI=1S/C12H16N2O3S/c13-11(16)10-9(12(17)14-5-6-15)7-3-1-2-4-8(7)18-10/h15H,1-6H2,(H2,13,16)(H,14,17). The summed E-state index contributed by atoms with van der Waals surface area (Å²) < 4.78 is 0. The van der Waals surface area contributed by atoms with Crippen molar-refractivity contribution in [2.75, 3.05) is 13.2 Å². The SMILES string of the molecule is NC(=O)c1sc2c(c1C(=O)NCCO)CCCC2. The molecule has 0 saturated carbocycles. The van der Waals surface area contributed by atoms with Crippen LogP contribution < -0.4 is 11.1 Å². The number of aryl methyl sites for hydroxylation is 1. The van der Waals surface area contributed by atoms with E-state index in [1.807, 2.05) is 0 Å². The van der Waals surface area contributed by atoms with Gasteiger partial charge in [0, 0.05) is 11.4 Å². The number of fused-ring (bicyclic) bond motifs is 1. The molecule has 1 aromatic heterocycles. The fraction of sp³-hybridized carbons (Fsp3) is 0.500. The lowest BCUT2D eigenvalue weighted by atomic mass is 9.94. The maximum Gasteiger partial charge on any atom is 0.259 e. The van der Waals surface area contributed by atoms with E-state index in [1.54, 1.807) is 0 Å². The average Bonchev–Trinajstić information content (AvgIpc) is 2.75. The lowest BCUT2D eigenvalue weighted by molar-refractivity contribution is 0.0930. The normalized spacial score (nSPS) is 14.1. The third-order valence-electron chi connectivity index (χ3n) is 3.02. The number of aliphatic hydroxyl groups excluding tert-OH is 1. The topological polar surface area (TPSA) is 92.4 Å². The van der Waals surface area contributed by atoms with Crippen molar-refractivity contribution >= 4 is 23.2 Å². The van der Waals surface area contributed by atoms with Crippen LogP contribution in [0.4, 0.5) is 0 Å². The average molecular weight is 268 g/mol. The van der Waals surface area contributed by atoms with E-state index >= 15 is 0 Å². The van der Waals surface area contributed by atoms with Crippen LogP contribution in [-0.2, 0) is 12.8 Å². The van der Waals surface area contributed by atoms with Gasteiger partial charge in [-0.1, -0.05) is 0 Å². The van der Waals surface area contributed by atoms with Crippen LogP contribution in [-0.4, -0.2) is 30.1 Å². The van der Waals surface area contributed by atoms with Crippen LogP contribution in [0.2, 0.25) is 0 Å². The largest absolute Gasteiger partial charge is 0.395 e. The van der Waals surface area contributed by atoms with Gasteiger partial charge >= 0.3 is 0 Å². The van der Waals surface area contributed by atoms with Crippen LogP contribution in [0, 0.1) is 0 Å². The van der Waals surface area contributed by atoms with Crippen LogP contribution >= 0.6 is 11.3 Å². The van der Waals surface area contributed by atoms with Crippen LogP contribution in [0.25, 0.3) is 0 Å². The van der Waals surface area contributed by atoms with Crippen molar-refractivity contribution in [3.8, 4) is 0 Å². The second-order valence-electron chi connectivity index (χ2n) is 4.26. The second kappa shape index (κ2) is 5.49. The quantitative estimate of drug-likeness (QED) is 0.740. The minimum absolute atomic E-state index is 0.121. The van der Waals surface area contributed by atoms with Gasteiger partial charge in [-0.25, -0.2) is 0 Å². The summed E-state index contributed by atoms with van der Waals surface area (Å²) in [6.45, 7) is 0.0611. The Morgan fingerprint density at radius 1 is 1.33 bits per heavy atom. The summed E-state index contributed by atoms with van der Waals surface area (Å²) in [6, 6.07) is 0. The Labute approximate surface area is 109 Å². The first-order chi connectivity index (χ1) is 8.65. The third-order valence-corrected chi connectivity index (χ3v) is 4.33. The van der Waals surface area contributed by atoms with Gasteiger partial charge in [-0.3, -0.25) is 9.59 Å². The molecule has 0 spiro atoms. The fourth-order valence-corrected chi connectivity index (χ4v) is 3.48. The Morgan fingerprint density at radius 3 is 2.72 bits per heavy atom. The van der Waals surface area contributed by atoms with E-state index in [-0.39, 0.29) is 19.1 Å². The summed E-state index contributed by atoms with van der Waals surface area (Å²) in [5.74, 6) is -0.860. The first-order valence-electron chi connectivity index (χ1n) is 5.98. The number of thiophene rings is 1. The molecule has 98 valence electrons. The monoisotopic (exact) mass is 268 g/mol. The molecule has 5 nitrogen and oxygen atoms in total. The smallest absolute Gasteiger partial charge is 0.259 e. The highest BCUT2D eigenvalue weighted by atomic mass is 32.1. The lowest BCUT2D eigenvalue weighted by Crippen LogP contribution is -2.29. The highest BCUT2D eigenvalue weighted by Crippen LogP contribution is 2.34. The van der Waals surface area contributed by atoms with Crippen LogP contribution in [0.3, 0.4) is 0 Å². The van der Waals surface area contributed by atoms with Gasteiger partial charge in [-0.05, 0) is 31.2 Å². The highest BCUT2D eigenvalue weighted by Gasteiger charge is 2.27. The Hall–Kier alpha value is -1.40. The van der Waals surface area contributed by atoms with Crippen molar-refractivity contribution in [1.82, 2.24) is 5.32 Å². The molecule has 0 bridgehead atoms. The molecule has 0 radical (unpaired) electrons. The first-order valence-corrected chi connectivity index (χ1v) is 6.80. The number of carbonyl (C=O) groups is 2. The Morgan fingerprint density at radius 2 is 2.06 bits per heavy atom. The maximum absolute atomic E-state index is 12.0. The summed E-state index contributed by atoms with van der Waals surface area (Å²) in [4.78, 5) is 24.9. The summed E-state index contributed by atoms with van der Waals surface area (Å²) in [6.07, 6.45) is 3.85. The summed E-state index contributed by atoms with van der Waals surface area (Å²) in [7, 11) is 0. The molecule has 6 heteroatoms. The van der Waals surface area contributed by atoms with Gasteiger partial charge in [-0.2, -0.15) is 0 Å². The van der Waals surface area contributed by atoms with Crippen molar-refractivity contribution in [2.24, 2.45) is 5.73 Å². The van der Waals surface area contributed by atoms with Crippen molar-refractivity contribution in [3.63, 3.8) is 0 Å². The molecule has 1 aliphatic rings. The van der Waals surface area contributed by atoms with E-state index in [2.05, 4.69) is 5.32 Å². The predicted octanol–water partition coefficient (Wildman–Crippen LogP) is 0.448. The summed E-state index contributed by atoms with van der Waals surface area (Å²) in [5, 5.41) is 11.3. The van der Waals surface area contributed by atoms with E-state index in [1.165, 1.54) is 11.3 Å². The number of hydrogen-bond acceptors (Lipinski definition) is 4.